The molecule has 0 aliphatic heterocycles. The van der Waals surface area contributed by atoms with E-state index >= 15 is 0 Å². The first-order valence-electron chi connectivity index (χ1n) is 6.77. The summed E-state index contributed by atoms with van der Waals surface area (Å²) >= 11 is 0. The summed E-state index contributed by atoms with van der Waals surface area (Å²) in [6.45, 7) is 2.06. The average Bonchev–Trinajstić information content (AvgIpc) is 2.86. The fourth-order valence-electron chi connectivity index (χ4n) is 2.82. The summed E-state index contributed by atoms with van der Waals surface area (Å²) in [7, 11) is 0. The minimum Gasteiger partial charge on any atom is -0.296 e. The quantitative estimate of drug-likeness (QED) is 0.492. The second kappa shape index (κ2) is 4.20. The molecule has 2 heterocycles. The zero-order valence-electron chi connectivity index (χ0n) is 11.2. The lowest BCUT2D eigenvalue weighted by molar-refractivity contribution is 1.08. The van der Waals surface area contributed by atoms with Crippen LogP contribution in [-0.4, -0.2) is 9.38 Å². The van der Waals surface area contributed by atoms with Crippen LogP contribution in [0.1, 0.15) is 5.82 Å². The molecule has 0 bridgehead atoms. The Morgan fingerprint density at radius 1 is 0.750 bits per heavy atom. The van der Waals surface area contributed by atoms with Crippen molar-refractivity contribution in [3.63, 3.8) is 0 Å². The zero-order valence-corrected chi connectivity index (χ0v) is 11.2. The van der Waals surface area contributed by atoms with E-state index in [2.05, 4.69) is 72.0 Å². The van der Waals surface area contributed by atoms with E-state index in [9.17, 15) is 0 Å². The third-order valence-electron chi connectivity index (χ3n) is 3.73. The van der Waals surface area contributed by atoms with Crippen LogP contribution >= 0.6 is 0 Å². The maximum Gasteiger partial charge on any atom is 0.111 e. The van der Waals surface area contributed by atoms with Gasteiger partial charge in [-0.25, -0.2) is 4.98 Å². The van der Waals surface area contributed by atoms with Crippen molar-refractivity contribution in [1.82, 2.24) is 9.38 Å². The molecule has 0 N–H and O–H groups in total. The van der Waals surface area contributed by atoms with Crippen molar-refractivity contribution in [2.75, 3.05) is 0 Å². The van der Waals surface area contributed by atoms with Gasteiger partial charge in [-0.05, 0) is 24.4 Å². The smallest absolute Gasteiger partial charge is 0.111 e. The third kappa shape index (κ3) is 1.55. The Kier molecular flexibility index (Phi) is 2.36. The highest BCUT2D eigenvalue weighted by molar-refractivity contribution is 5.88. The van der Waals surface area contributed by atoms with E-state index < -0.39 is 0 Å². The van der Waals surface area contributed by atoms with Gasteiger partial charge in [-0.1, -0.05) is 54.6 Å². The molecule has 2 heteroatoms. The molecule has 0 amide bonds. The number of aryl methyl sites for hydroxylation is 1. The maximum absolute atomic E-state index is 4.77. The van der Waals surface area contributed by atoms with Gasteiger partial charge in [-0.2, -0.15) is 0 Å². The van der Waals surface area contributed by atoms with Crippen molar-refractivity contribution in [3.05, 3.63) is 72.6 Å². The molecule has 2 aromatic carbocycles. The van der Waals surface area contributed by atoms with Crippen molar-refractivity contribution in [2.45, 2.75) is 6.92 Å². The Balaban J connectivity index is 2.13. The number of hydrogen-bond acceptors (Lipinski definition) is 1. The lowest BCUT2D eigenvalue weighted by Gasteiger charge is -2.04. The zero-order chi connectivity index (χ0) is 13.5. The van der Waals surface area contributed by atoms with Crippen molar-refractivity contribution >= 4 is 16.4 Å². The second-order valence-corrected chi connectivity index (χ2v) is 4.99. The van der Waals surface area contributed by atoms with E-state index in [4.69, 9.17) is 4.98 Å². The van der Waals surface area contributed by atoms with E-state index in [0.717, 1.165) is 22.6 Å². The Bertz CT molecular complexity index is 905. The van der Waals surface area contributed by atoms with Gasteiger partial charge in [0.2, 0.25) is 0 Å². The molecule has 0 aliphatic rings. The summed E-state index contributed by atoms with van der Waals surface area (Å²) < 4.78 is 2.23. The van der Waals surface area contributed by atoms with Crippen molar-refractivity contribution < 1.29 is 0 Å². The molecule has 0 unspecified atom stereocenters. The van der Waals surface area contributed by atoms with E-state index in [1.807, 2.05) is 6.07 Å². The molecule has 20 heavy (non-hydrogen) atoms. The number of hydrogen-bond donors (Lipinski definition) is 0. The summed E-state index contributed by atoms with van der Waals surface area (Å²) in [4.78, 5) is 4.77. The Hall–Kier alpha value is -2.61. The van der Waals surface area contributed by atoms with Gasteiger partial charge in [0.1, 0.15) is 5.82 Å². The molecule has 0 atom stereocenters. The molecule has 0 radical (unpaired) electrons. The van der Waals surface area contributed by atoms with Crippen LogP contribution < -0.4 is 0 Å². The summed E-state index contributed by atoms with van der Waals surface area (Å²) in [5.74, 6) is 1.02. The molecular formula is C18H14N2. The van der Waals surface area contributed by atoms with Crippen LogP contribution in [-0.2, 0) is 0 Å². The number of fused-ring (bicyclic) bond motifs is 3. The number of pyridine rings is 1. The minimum absolute atomic E-state index is 1.02. The molecule has 0 saturated carbocycles. The highest BCUT2D eigenvalue weighted by atomic mass is 15.0. The molecular weight excluding hydrogens is 244 g/mol. The summed E-state index contributed by atoms with van der Waals surface area (Å²) in [5, 5.41) is 1.24. The van der Waals surface area contributed by atoms with Gasteiger partial charge in [-0.15, -0.1) is 0 Å². The fraction of sp³-hybridized carbons (Fsp3) is 0.0556. The van der Waals surface area contributed by atoms with Crippen molar-refractivity contribution in [1.29, 1.82) is 0 Å². The monoisotopic (exact) mass is 258 g/mol. The highest BCUT2D eigenvalue weighted by Crippen LogP contribution is 2.28. The molecule has 0 aliphatic carbocycles. The van der Waals surface area contributed by atoms with Crippen molar-refractivity contribution in [2.24, 2.45) is 0 Å². The van der Waals surface area contributed by atoms with Crippen molar-refractivity contribution in [3.8, 4) is 11.3 Å². The van der Waals surface area contributed by atoms with Crippen LogP contribution in [0.4, 0.5) is 0 Å². The Morgan fingerprint density at radius 2 is 1.50 bits per heavy atom. The molecule has 0 spiro atoms. The molecule has 0 fully saturated rings. The van der Waals surface area contributed by atoms with Gasteiger partial charge in [-0.3, -0.25) is 4.40 Å². The van der Waals surface area contributed by atoms with Gasteiger partial charge in [0, 0.05) is 5.56 Å². The molecule has 4 rings (SSSR count). The third-order valence-corrected chi connectivity index (χ3v) is 3.73. The normalized spacial score (nSPS) is 11.2. The first-order chi connectivity index (χ1) is 9.84. The van der Waals surface area contributed by atoms with Crippen LogP contribution in [0.25, 0.3) is 27.7 Å². The largest absolute Gasteiger partial charge is 0.296 e. The lowest BCUT2D eigenvalue weighted by atomic mass is 10.1. The van der Waals surface area contributed by atoms with Crippen LogP contribution in [0.5, 0.6) is 0 Å². The van der Waals surface area contributed by atoms with Gasteiger partial charge in [0.25, 0.3) is 0 Å². The highest BCUT2D eigenvalue weighted by Gasteiger charge is 2.11. The fourth-order valence-corrected chi connectivity index (χ4v) is 2.82. The van der Waals surface area contributed by atoms with Gasteiger partial charge in [0.05, 0.1) is 16.7 Å². The maximum atomic E-state index is 4.77. The van der Waals surface area contributed by atoms with E-state index in [1.165, 1.54) is 10.9 Å². The molecule has 4 aromatic rings. The predicted molar refractivity (Wildman–Crippen MR) is 82.9 cm³/mol. The SMILES string of the molecule is Cc1nc(-c2ccccc2)c2ccc3ccccc3n12. The van der Waals surface area contributed by atoms with Crippen LogP contribution in [0, 0.1) is 6.92 Å². The topological polar surface area (TPSA) is 17.3 Å². The Labute approximate surface area is 117 Å². The second-order valence-electron chi connectivity index (χ2n) is 4.99. The first kappa shape index (κ1) is 11.2. The van der Waals surface area contributed by atoms with Gasteiger partial charge < -0.3 is 0 Å². The molecule has 96 valence electrons. The number of aromatic nitrogens is 2. The van der Waals surface area contributed by atoms with Crippen LogP contribution in [0.2, 0.25) is 0 Å². The summed E-state index contributed by atoms with van der Waals surface area (Å²) in [5.41, 5.74) is 4.58. The summed E-state index contributed by atoms with van der Waals surface area (Å²) in [6.07, 6.45) is 0. The summed E-state index contributed by atoms with van der Waals surface area (Å²) in [6, 6.07) is 23.1. The van der Waals surface area contributed by atoms with Crippen LogP contribution in [0.15, 0.2) is 66.7 Å². The number of benzene rings is 2. The number of para-hydroxylation sites is 1. The molecule has 0 saturated heterocycles. The van der Waals surface area contributed by atoms with E-state index in [-0.39, 0.29) is 0 Å². The first-order valence-corrected chi connectivity index (χ1v) is 6.77. The standard InChI is InChI=1S/C18H14N2/c1-13-19-18(15-8-3-2-4-9-15)17-12-11-14-7-5-6-10-16(14)20(13)17/h2-12H,1H3. The van der Waals surface area contributed by atoms with Gasteiger partial charge in [0.15, 0.2) is 0 Å². The number of nitrogens with zero attached hydrogens (tertiary/aromatic N) is 2. The minimum atomic E-state index is 1.02. The Morgan fingerprint density at radius 3 is 2.35 bits per heavy atom. The van der Waals surface area contributed by atoms with Crippen LogP contribution in [0.3, 0.4) is 0 Å². The number of rotatable bonds is 1. The van der Waals surface area contributed by atoms with E-state index in [0.29, 0.717) is 0 Å². The molecule has 2 nitrogen and oxygen atoms in total. The van der Waals surface area contributed by atoms with Gasteiger partial charge >= 0.3 is 0 Å². The molecule has 2 aromatic heterocycles. The van der Waals surface area contributed by atoms with E-state index in [1.54, 1.807) is 0 Å². The predicted octanol–water partition coefficient (Wildman–Crippen LogP) is 4.46. The average molecular weight is 258 g/mol. The number of imidazole rings is 1. The lowest BCUT2D eigenvalue weighted by Crippen LogP contribution is -1.90.